The summed E-state index contributed by atoms with van der Waals surface area (Å²) in [4.78, 5) is 8.25. The van der Waals surface area contributed by atoms with Crippen molar-refractivity contribution >= 4 is 11.6 Å². The van der Waals surface area contributed by atoms with Crippen LogP contribution in [0.3, 0.4) is 0 Å². The molecule has 0 amide bonds. The summed E-state index contributed by atoms with van der Waals surface area (Å²) in [5, 5.41) is 19.5. The largest absolute Gasteiger partial charge is 0.333 e. The number of hydrogen-bond donors (Lipinski definition) is 1. The number of nitrogens with one attached hydrogen (secondary N) is 1. The van der Waals surface area contributed by atoms with Gasteiger partial charge in [0.2, 0.25) is 5.82 Å². The summed E-state index contributed by atoms with van der Waals surface area (Å²) >= 11 is 5.75. The highest BCUT2D eigenvalue weighted by Crippen LogP contribution is 2.23. The number of halogens is 1. The van der Waals surface area contributed by atoms with Crippen LogP contribution in [0, 0.1) is 11.3 Å². The van der Waals surface area contributed by atoms with Gasteiger partial charge in [-0.3, -0.25) is 10.1 Å². The predicted molar refractivity (Wildman–Crippen MR) is 64.8 cm³/mol. The summed E-state index contributed by atoms with van der Waals surface area (Å²) in [6, 6.07) is 5.31. The summed E-state index contributed by atoms with van der Waals surface area (Å²) in [7, 11) is 0. The lowest BCUT2D eigenvalue weighted by Crippen LogP contribution is -1.85. The highest BCUT2D eigenvalue weighted by Gasteiger charge is 2.16. The smallest absolute Gasteiger partial charge is 0.262 e. The third-order valence-electron chi connectivity index (χ3n) is 2.36. The van der Waals surface area contributed by atoms with Crippen molar-refractivity contribution in [1.29, 1.82) is 5.26 Å². The van der Waals surface area contributed by atoms with E-state index in [4.69, 9.17) is 21.4 Å². The van der Waals surface area contributed by atoms with Crippen LogP contribution in [0.2, 0.25) is 5.02 Å². The predicted octanol–water partition coefficient (Wildman–Crippen LogP) is 2.05. The van der Waals surface area contributed by atoms with Gasteiger partial charge in [0.1, 0.15) is 17.5 Å². The topological polar surface area (TPSA) is 104 Å². The van der Waals surface area contributed by atoms with Crippen LogP contribution in [0.4, 0.5) is 0 Å². The molecule has 3 heterocycles. The van der Waals surface area contributed by atoms with Gasteiger partial charge in [-0.2, -0.15) is 15.3 Å². The molecule has 1 N–H and O–H groups in total. The molecule has 7 nitrogen and oxygen atoms in total. The maximum atomic E-state index is 8.88. The van der Waals surface area contributed by atoms with Gasteiger partial charge in [-0.1, -0.05) is 16.8 Å². The molecule has 0 unspecified atom stereocenters. The second-order valence-electron chi connectivity index (χ2n) is 3.56. The van der Waals surface area contributed by atoms with E-state index in [1.54, 1.807) is 12.1 Å². The van der Waals surface area contributed by atoms with Crippen LogP contribution in [0.5, 0.6) is 0 Å². The van der Waals surface area contributed by atoms with Gasteiger partial charge >= 0.3 is 0 Å². The number of rotatable bonds is 2. The summed E-state index contributed by atoms with van der Waals surface area (Å²) in [5.74, 6) is 0.522. The molecule has 0 bridgehead atoms. The molecular formula is C11H5ClN6O. The zero-order valence-electron chi connectivity index (χ0n) is 9.33. The summed E-state index contributed by atoms with van der Waals surface area (Å²) < 4.78 is 5.09. The molecule has 0 aliphatic heterocycles. The first kappa shape index (κ1) is 11.4. The third kappa shape index (κ3) is 2.05. The average Bonchev–Trinajstić information content (AvgIpc) is 3.07. The van der Waals surface area contributed by atoms with Crippen molar-refractivity contribution in [1.82, 2.24) is 25.3 Å². The Morgan fingerprint density at radius 2 is 2.21 bits per heavy atom. The standard InChI is InChI=1S/C11H5ClN6O/c12-6-1-2-8(14-4-6)10-16-11(19-18-10)7-5-15-17-9(7)3-13/h1-2,4-5H,(H,15,17). The zero-order chi connectivity index (χ0) is 13.2. The minimum absolute atomic E-state index is 0.206. The van der Waals surface area contributed by atoms with Crippen molar-refractivity contribution in [3.63, 3.8) is 0 Å². The van der Waals surface area contributed by atoms with E-state index in [2.05, 4.69) is 25.3 Å². The van der Waals surface area contributed by atoms with E-state index in [-0.39, 0.29) is 11.6 Å². The van der Waals surface area contributed by atoms with Crippen LogP contribution < -0.4 is 0 Å². The molecule has 0 aliphatic rings. The van der Waals surface area contributed by atoms with Gasteiger partial charge < -0.3 is 4.52 Å². The number of H-pyrrole nitrogens is 1. The zero-order valence-corrected chi connectivity index (χ0v) is 10.1. The average molecular weight is 273 g/mol. The van der Waals surface area contributed by atoms with Crippen LogP contribution in [-0.2, 0) is 0 Å². The van der Waals surface area contributed by atoms with Crippen LogP contribution in [-0.4, -0.2) is 25.3 Å². The van der Waals surface area contributed by atoms with Crippen LogP contribution in [0.25, 0.3) is 23.0 Å². The van der Waals surface area contributed by atoms with E-state index in [0.29, 0.717) is 22.1 Å². The van der Waals surface area contributed by atoms with Crippen molar-refractivity contribution in [2.45, 2.75) is 0 Å². The minimum Gasteiger partial charge on any atom is -0.333 e. The Hall–Kier alpha value is -2.72. The molecule has 3 aromatic heterocycles. The molecule has 3 rings (SSSR count). The first-order valence-electron chi connectivity index (χ1n) is 5.17. The number of aromatic amines is 1. The number of nitrogens with zero attached hydrogens (tertiary/aromatic N) is 5. The highest BCUT2D eigenvalue weighted by molar-refractivity contribution is 6.30. The van der Waals surface area contributed by atoms with Crippen molar-refractivity contribution in [3.05, 3.63) is 35.2 Å². The van der Waals surface area contributed by atoms with E-state index in [1.165, 1.54) is 12.4 Å². The molecule has 8 heteroatoms. The second kappa shape index (κ2) is 4.51. The molecule has 92 valence electrons. The van der Waals surface area contributed by atoms with Crippen LogP contribution in [0.1, 0.15) is 5.69 Å². The Morgan fingerprint density at radius 3 is 2.95 bits per heavy atom. The maximum Gasteiger partial charge on any atom is 0.262 e. The Kier molecular flexibility index (Phi) is 2.70. The molecule has 0 aromatic carbocycles. The van der Waals surface area contributed by atoms with E-state index in [9.17, 15) is 0 Å². The first-order chi connectivity index (χ1) is 9.28. The summed E-state index contributed by atoms with van der Waals surface area (Å²) in [6.45, 7) is 0. The molecule has 3 aromatic rings. The molecule has 0 saturated carbocycles. The number of hydrogen-bond acceptors (Lipinski definition) is 6. The van der Waals surface area contributed by atoms with E-state index in [0.717, 1.165) is 0 Å². The fourth-order valence-corrected chi connectivity index (χ4v) is 1.59. The van der Waals surface area contributed by atoms with Gasteiger partial charge in [-0.25, -0.2) is 0 Å². The number of aromatic nitrogens is 5. The fourth-order valence-electron chi connectivity index (χ4n) is 1.48. The van der Waals surface area contributed by atoms with Gasteiger partial charge in [0, 0.05) is 6.20 Å². The molecule has 0 saturated heterocycles. The molecule has 0 fully saturated rings. The summed E-state index contributed by atoms with van der Waals surface area (Å²) in [5.41, 5.74) is 1.25. The lowest BCUT2D eigenvalue weighted by Gasteiger charge is -1.92. The minimum atomic E-state index is 0.206. The molecule has 0 aliphatic carbocycles. The Labute approximate surface area is 111 Å². The van der Waals surface area contributed by atoms with Crippen LogP contribution >= 0.6 is 11.6 Å². The van der Waals surface area contributed by atoms with Gasteiger partial charge in [0.25, 0.3) is 5.89 Å². The Morgan fingerprint density at radius 1 is 1.32 bits per heavy atom. The van der Waals surface area contributed by atoms with Crippen molar-refractivity contribution in [2.75, 3.05) is 0 Å². The maximum absolute atomic E-state index is 8.88. The monoisotopic (exact) mass is 272 g/mol. The highest BCUT2D eigenvalue weighted by atomic mass is 35.5. The molecule has 19 heavy (non-hydrogen) atoms. The van der Waals surface area contributed by atoms with Gasteiger partial charge in [-0.15, -0.1) is 0 Å². The van der Waals surface area contributed by atoms with Gasteiger partial charge in [-0.05, 0) is 12.1 Å². The molecule has 0 radical (unpaired) electrons. The fraction of sp³-hybridized carbons (Fsp3) is 0. The number of pyridine rings is 1. The Bertz CT molecular complexity index is 754. The van der Waals surface area contributed by atoms with E-state index < -0.39 is 0 Å². The lowest BCUT2D eigenvalue weighted by molar-refractivity contribution is 0.432. The van der Waals surface area contributed by atoms with Crippen molar-refractivity contribution in [3.8, 4) is 29.0 Å². The molecule has 0 atom stereocenters. The first-order valence-corrected chi connectivity index (χ1v) is 5.55. The van der Waals surface area contributed by atoms with E-state index >= 15 is 0 Å². The third-order valence-corrected chi connectivity index (χ3v) is 2.59. The lowest BCUT2D eigenvalue weighted by atomic mass is 10.2. The Balaban J connectivity index is 2.00. The number of nitriles is 1. The van der Waals surface area contributed by atoms with Crippen LogP contribution in [0.15, 0.2) is 29.0 Å². The second-order valence-corrected chi connectivity index (χ2v) is 3.99. The normalized spacial score (nSPS) is 10.3. The quantitative estimate of drug-likeness (QED) is 0.765. The van der Waals surface area contributed by atoms with E-state index in [1.807, 2.05) is 6.07 Å². The molecular weight excluding hydrogens is 268 g/mol. The van der Waals surface area contributed by atoms with Gasteiger partial charge in [0.15, 0.2) is 0 Å². The molecule has 0 spiro atoms. The van der Waals surface area contributed by atoms with Gasteiger partial charge in [0.05, 0.1) is 16.8 Å². The van der Waals surface area contributed by atoms with Crippen molar-refractivity contribution < 1.29 is 4.52 Å². The summed E-state index contributed by atoms with van der Waals surface area (Å²) in [6.07, 6.45) is 2.94. The SMILES string of the molecule is N#Cc1[nH]ncc1-c1nc(-c2ccc(Cl)cn2)no1. The van der Waals surface area contributed by atoms with Crippen molar-refractivity contribution in [2.24, 2.45) is 0 Å².